The Bertz CT molecular complexity index is 571. The maximum Gasteiger partial charge on any atom is 0.270 e. The maximum absolute atomic E-state index is 12.7. The average Bonchev–Trinajstić information content (AvgIpc) is 2.83. The van der Waals surface area contributed by atoms with E-state index in [0.29, 0.717) is 23.2 Å². The van der Waals surface area contributed by atoms with Crippen LogP contribution in [0.15, 0.2) is 12.3 Å². The predicted molar refractivity (Wildman–Crippen MR) is 73.9 cm³/mol. The summed E-state index contributed by atoms with van der Waals surface area (Å²) in [6, 6.07) is 4.18. The lowest BCUT2D eigenvalue weighted by molar-refractivity contribution is 0.0627. The van der Waals surface area contributed by atoms with Crippen molar-refractivity contribution in [2.75, 3.05) is 6.54 Å². The van der Waals surface area contributed by atoms with Crippen molar-refractivity contribution in [3.8, 4) is 6.07 Å². The van der Waals surface area contributed by atoms with E-state index in [1.54, 1.807) is 12.3 Å². The number of fused-ring (bicyclic) bond motifs is 1. The maximum atomic E-state index is 12.7. The molecule has 0 spiro atoms. The van der Waals surface area contributed by atoms with Crippen molar-refractivity contribution in [2.24, 2.45) is 17.8 Å². The average molecular weight is 269 g/mol. The molecule has 4 nitrogen and oxygen atoms in total. The predicted octanol–water partition coefficient (Wildman–Crippen LogP) is 2.54. The number of H-pyrrole nitrogens is 1. The van der Waals surface area contributed by atoms with Crippen LogP contribution in [0.2, 0.25) is 0 Å². The van der Waals surface area contributed by atoms with Gasteiger partial charge in [-0.25, -0.2) is 0 Å². The number of amides is 1. The van der Waals surface area contributed by atoms with Crippen molar-refractivity contribution in [1.29, 1.82) is 5.26 Å². The fraction of sp³-hybridized carbons (Fsp3) is 0.625. The summed E-state index contributed by atoms with van der Waals surface area (Å²) < 4.78 is 0. The summed E-state index contributed by atoms with van der Waals surface area (Å²) in [6.45, 7) is 0.914. The molecular weight excluding hydrogens is 250 g/mol. The molecule has 4 heteroatoms. The fourth-order valence-electron chi connectivity index (χ4n) is 4.77. The van der Waals surface area contributed by atoms with Gasteiger partial charge in [0.15, 0.2) is 0 Å². The lowest BCUT2D eigenvalue weighted by Crippen LogP contribution is -2.42. The Morgan fingerprint density at radius 3 is 2.55 bits per heavy atom. The van der Waals surface area contributed by atoms with Gasteiger partial charge in [0, 0.05) is 18.8 Å². The summed E-state index contributed by atoms with van der Waals surface area (Å²) in [4.78, 5) is 17.8. The normalized spacial score (nSPS) is 34.9. The highest BCUT2D eigenvalue weighted by Crippen LogP contribution is 2.47. The number of hydrogen-bond acceptors (Lipinski definition) is 2. The van der Waals surface area contributed by atoms with E-state index in [9.17, 15) is 4.79 Å². The first kappa shape index (κ1) is 12.0. The molecular formula is C16H19N3O. The van der Waals surface area contributed by atoms with Gasteiger partial charge < -0.3 is 9.88 Å². The SMILES string of the molecule is N#Cc1c[nH]c(C(=O)N2CC3CC4CC(C3)CC2C4)c1. The van der Waals surface area contributed by atoms with E-state index in [1.165, 1.54) is 32.1 Å². The van der Waals surface area contributed by atoms with Gasteiger partial charge >= 0.3 is 0 Å². The van der Waals surface area contributed by atoms with E-state index in [0.717, 1.165) is 18.4 Å². The number of nitrogens with zero attached hydrogens (tertiary/aromatic N) is 2. The van der Waals surface area contributed by atoms with E-state index in [-0.39, 0.29) is 5.91 Å². The van der Waals surface area contributed by atoms with Gasteiger partial charge in [-0.2, -0.15) is 5.26 Å². The Morgan fingerprint density at radius 1 is 1.20 bits per heavy atom. The number of nitriles is 1. The quantitative estimate of drug-likeness (QED) is 0.851. The third-order valence-electron chi connectivity index (χ3n) is 5.41. The zero-order chi connectivity index (χ0) is 13.7. The molecule has 5 rings (SSSR count). The molecule has 2 atom stereocenters. The van der Waals surface area contributed by atoms with Gasteiger partial charge in [-0.3, -0.25) is 4.79 Å². The van der Waals surface area contributed by atoms with Crippen LogP contribution in [0.25, 0.3) is 0 Å². The van der Waals surface area contributed by atoms with E-state index < -0.39 is 0 Å². The minimum absolute atomic E-state index is 0.0877. The van der Waals surface area contributed by atoms with Crippen LogP contribution in [-0.4, -0.2) is 28.4 Å². The highest BCUT2D eigenvalue weighted by atomic mass is 16.2. The molecule has 2 saturated heterocycles. The molecule has 2 saturated carbocycles. The van der Waals surface area contributed by atoms with Crippen molar-refractivity contribution in [2.45, 2.75) is 38.1 Å². The van der Waals surface area contributed by atoms with Gasteiger partial charge in [-0.05, 0) is 55.9 Å². The molecule has 1 amide bonds. The summed E-state index contributed by atoms with van der Waals surface area (Å²) in [5.41, 5.74) is 1.11. The first-order chi connectivity index (χ1) is 9.72. The molecule has 1 N–H and O–H groups in total. The van der Waals surface area contributed by atoms with Crippen molar-refractivity contribution < 1.29 is 4.79 Å². The number of hydrogen-bond donors (Lipinski definition) is 1. The summed E-state index contributed by atoms with van der Waals surface area (Å²) in [5, 5.41) is 8.88. The van der Waals surface area contributed by atoms with Crippen LogP contribution in [0.3, 0.4) is 0 Å². The highest BCUT2D eigenvalue weighted by Gasteiger charge is 2.44. The van der Waals surface area contributed by atoms with E-state index in [4.69, 9.17) is 5.26 Å². The number of aromatic amines is 1. The third-order valence-corrected chi connectivity index (χ3v) is 5.41. The molecule has 3 heterocycles. The molecule has 104 valence electrons. The Morgan fingerprint density at radius 2 is 1.90 bits per heavy atom. The van der Waals surface area contributed by atoms with Gasteiger partial charge in [-0.1, -0.05) is 0 Å². The van der Waals surface area contributed by atoms with Gasteiger partial charge in [0.2, 0.25) is 0 Å². The molecule has 2 unspecified atom stereocenters. The number of carbonyl (C=O) groups is 1. The molecule has 2 aliphatic heterocycles. The lowest BCUT2D eigenvalue weighted by atomic mass is 9.68. The lowest BCUT2D eigenvalue weighted by Gasteiger charge is -2.38. The number of nitrogens with one attached hydrogen (secondary N) is 1. The molecule has 4 aliphatic rings. The second-order valence-corrected chi connectivity index (χ2v) is 6.80. The summed E-state index contributed by atoms with van der Waals surface area (Å²) in [6.07, 6.45) is 8.00. The van der Waals surface area contributed by atoms with Gasteiger partial charge in [0.25, 0.3) is 5.91 Å². The van der Waals surface area contributed by atoms with Crippen molar-refractivity contribution in [1.82, 2.24) is 9.88 Å². The third kappa shape index (κ3) is 1.84. The van der Waals surface area contributed by atoms with Crippen molar-refractivity contribution >= 4 is 5.91 Å². The number of rotatable bonds is 1. The summed E-state index contributed by atoms with van der Waals surface area (Å²) in [5.74, 6) is 2.47. The Kier molecular flexibility index (Phi) is 2.63. The smallest absolute Gasteiger partial charge is 0.270 e. The molecule has 2 aliphatic carbocycles. The van der Waals surface area contributed by atoms with Crippen LogP contribution in [-0.2, 0) is 0 Å². The molecule has 4 fully saturated rings. The summed E-state index contributed by atoms with van der Waals surface area (Å²) in [7, 11) is 0. The minimum atomic E-state index is 0.0877. The topological polar surface area (TPSA) is 59.9 Å². The Labute approximate surface area is 118 Å². The fourth-order valence-corrected chi connectivity index (χ4v) is 4.77. The largest absolute Gasteiger partial charge is 0.356 e. The Hall–Kier alpha value is -1.76. The number of aromatic nitrogens is 1. The Balaban J connectivity index is 1.62. The molecule has 0 radical (unpaired) electrons. The van der Waals surface area contributed by atoms with Crippen LogP contribution in [0, 0.1) is 29.1 Å². The zero-order valence-corrected chi connectivity index (χ0v) is 11.5. The van der Waals surface area contributed by atoms with Crippen molar-refractivity contribution in [3.63, 3.8) is 0 Å². The minimum Gasteiger partial charge on any atom is -0.356 e. The van der Waals surface area contributed by atoms with Crippen LogP contribution in [0.1, 0.15) is 48.2 Å². The standard InChI is InChI=1S/C16H19N3O/c17-7-13-6-15(18-8-13)16(20)19-9-12-2-10-1-11(3-12)5-14(19)4-10/h6,8,10-12,14,18H,1-5,9H2. The molecule has 20 heavy (non-hydrogen) atoms. The van der Waals surface area contributed by atoms with Crippen molar-refractivity contribution in [3.05, 3.63) is 23.5 Å². The van der Waals surface area contributed by atoms with Crippen LogP contribution in [0.5, 0.6) is 0 Å². The van der Waals surface area contributed by atoms with E-state index in [2.05, 4.69) is 16.0 Å². The molecule has 0 aromatic carbocycles. The molecule has 1 aromatic rings. The first-order valence-corrected chi connectivity index (χ1v) is 7.62. The second-order valence-electron chi connectivity index (χ2n) is 6.80. The van der Waals surface area contributed by atoms with Crippen LogP contribution >= 0.6 is 0 Å². The first-order valence-electron chi connectivity index (χ1n) is 7.62. The number of carbonyl (C=O) groups excluding carboxylic acids is 1. The van der Waals surface area contributed by atoms with Gasteiger partial charge in [0.05, 0.1) is 5.56 Å². The van der Waals surface area contributed by atoms with Gasteiger partial charge in [-0.15, -0.1) is 0 Å². The highest BCUT2D eigenvalue weighted by molar-refractivity contribution is 5.93. The molecule has 4 bridgehead atoms. The summed E-state index contributed by atoms with van der Waals surface area (Å²) >= 11 is 0. The zero-order valence-electron chi connectivity index (χ0n) is 11.5. The van der Waals surface area contributed by atoms with E-state index in [1.807, 2.05) is 0 Å². The second kappa shape index (κ2) is 4.37. The van der Waals surface area contributed by atoms with E-state index >= 15 is 0 Å². The van der Waals surface area contributed by atoms with Crippen LogP contribution in [0.4, 0.5) is 0 Å². The van der Waals surface area contributed by atoms with Crippen LogP contribution < -0.4 is 0 Å². The monoisotopic (exact) mass is 269 g/mol. The van der Waals surface area contributed by atoms with Gasteiger partial charge in [0.1, 0.15) is 11.8 Å². The molecule has 1 aromatic heterocycles.